The van der Waals surface area contributed by atoms with E-state index in [4.69, 9.17) is 9.47 Å². The average Bonchev–Trinajstić information content (AvgIpc) is 3.74. The van der Waals surface area contributed by atoms with E-state index in [1.807, 2.05) is 25.0 Å². The number of aliphatic imine (C=N–C) groups is 1. The highest BCUT2D eigenvalue weighted by atomic mass is 16.5. The number of carbonyl (C=O) groups excluding carboxylic acids is 4. The SMILES string of the molecule is CCN(CC)C(=O)c1cc(NC(=O)c2cc(NC(=O)CCCOc3cc4c(cc3OC)C(=O)N3CCC[C@H]3C=N4)cn2C)cn1C. The number of nitrogens with zero attached hydrogens (tertiary/aromatic N) is 5. The average molecular weight is 632 g/mol. The highest BCUT2D eigenvalue weighted by Crippen LogP contribution is 2.38. The maximum Gasteiger partial charge on any atom is 0.272 e. The van der Waals surface area contributed by atoms with E-state index >= 15 is 0 Å². The smallest absolute Gasteiger partial charge is 0.272 e. The summed E-state index contributed by atoms with van der Waals surface area (Å²) in [5, 5.41) is 5.67. The molecule has 244 valence electrons. The molecule has 46 heavy (non-hydrogen) atoms. The molecule has 1 atom stereocenters. The summed E-state index contributed by atoms with van der Waals surface area (Å²) in [6.45, 7) is 5.98. The maximum atomic E-state index is 13.1. The van der Waals surface area contributed by atoms with Gasteiger partial charge in [-0.1, -0.05) is 0 Å². The molecule has 0 bridgehead atoms. The number of hydrogen-bond donors (Lipinski definition) is 2. The number of anilines is 2. The molecule has 0 spiro atoms. The number of ether oxygens (including phenoxy) is 2. The molecule has 3 aromatic rings. The van der Waals surface area contributed by atoms with Gasteiger partial charge in [0, 0.05) is 64.8 Å². The highest BCUT2D eigenvalue weighted by Gasteiger charge is 2.32. The second-order valence-electron chi connectivity index (χ2n) is 11.4. The lowest BCUT2D eigenvalue weighted by Gasteiger charge is -2.20. The van der Waals surface area contributed by atoms with Crippen LogP contribution in [0.2, 0.25) is 0 Å². The third-order valence-electron chi connectivity index (χ3n) is 8.32. The van der Waals surface area contributed by atoms with Gasteiger partial charge in [0.05, 0.1) is 42.4 Å². The number of amides is 4. The van der Waals surface area contributed by atoms with E-state index in [1.54, 1.807) is 64.8 Å². The highest BCUT2D eigenvalue weighted by molar-refractivity contribution is 6.06. The number of nitrogens with one attached hydrogen (secondary N) is 2. The van der Waals surface area contributed by atoms with Crippen molar-refractivity contribution in [1.82, 2.24) is 18.9 Å². The normalized spacial score (nSPS) is 15.2. The fourth-order valence-corrected chi connectivity index (χ4v) is 5.83. The van der Waals surface area contributed by atoms with Crippen LogP contribution in [0.15, 0.2) is 41.7 Å². The molecule has 0 aliphatic carbocycles. The predicted molar refractivity (Wildman–Crippen MR) is 175 cm³/mol. The summed E-state index contributed by atoms with van der Waals surface area (Å²) in [4.78, 5) is 59.7. The summed E-state index contributed by atoms with van der Waals surface area (Å²) >= 11 is 0. The molecule has 0 radical (unpaired) electrons. The van der Waals surface area contributed by atoms with Gasteiger partial charge in [0.2, 0.25) is 5.91 Å². The Kier molecular flexibility index (Phi) is 9.78. The number of aryl methyl sites for hydroxylation is 2. The number of aromatic nitrogens is 2. The number of fused-ring (bicyclic) bond motifs is 2. The van der Waals surface area contributed by atoms with Crippen molar-refractivity contribution in [3.05, 3.63) is 53.6 Å². The van der Waals surface area contributed by atoms with Crippen LogP contribution in [0.5, 0.6) is 11.5 Å². The number of rotatable bonds is 12. The summed E-state index contributed by atoms with van der Waals surface area (Å²) in [5.41, 5.74) is 2.83. The first-order chi connectivity index (χ1) is 22.1. The monoisotopic (exact) mass is 631 g/mol. The van der Waals surface area contributed by atoms with Crippen LogP contribution in [0.25, 0.3) is 0 Å². The predicted octanol–water partition coefficient (Wildman–Crippen LogP) is 4.22. The van der Waals surface area contributed by atoms with E-state index in [-0.39, 0.29) is 42.7 Å². The summed E-state index contributed by atoms with van der Waals surface area (Å²) in [6, 6.07) is 6.64. The van der Waals surface area contributed by atoms with Crippen LogP contribution in [0.1, 0.15) is 70.9 Å². The molecule has 2 aromatic heterocycles. The van der Waals surface area contributed by atoms with Gasteiger partial charge in [-0.25, -0.2) is 0 Å². The van der Waals surface area contributed by atoms with Gasteiger partial charge in [0.1, 0.15) is 11.4 Å². The number of carbonyl (C=O) groups is 4. The minimum atomic E-state index is -0.370. The summed E-state index contributed by atoms with van der Waals surface area (Å²) in [5.74, 6) is 0.121. The molecule has 13 heteroatoms. The molecule has 2 N–H and O–H groups in total. The molecule has 4 amide bonds. The van der Waals surface area contributed by atoms with Crippen LogP contribution >= 0.6 is 0 Å². The molecule has 1 saturated heterocycles. The van der Waals surface area contributed by atoms with Gasteiger partial charge < -0.3 is 39.0 Å². The molecule has 2 aliphatic heterocycles. The summed E-state index contributed by atoms with van der Waals surface area (Å²) in [7, 11) is 5.00. The van der Waals surface area contributed by atoms with Gasteiger partial charge in [-0.3, -0.25) is 24.2 Å². The first-order valence-corrected chi connectivity index (χ1v) is 15.6. The quantitative estimate of drug-likeness (QED) is 0.287. The lowest BCUT2D eigenvalue weighted by molar-refractivity contribution is -0.116. The molecule has 0 unspecified atom stereocenters. The van der Waals surface area contributed by atoms with Crippen LogP contribution < -0.4 is 20.1 Å². The number of hydrogen-bond acceptors (Lipinski definition) is 7. The van der Waals surface area contributed by atoms with Gasteiger partial charge in [-0.15, -0.1) is 0 Å². The van der Waals surface area contributed by atoms with E-state index in [0.29, 0.717) is 71.6 Å². The Morgan fingerprint density at radius 1 is 0.978 bits per heavy atom. The van der Waals surface area contributed by atoms with Crippen molar-refractivity contribution in [2.75, 3.05) is 44.0 Å². The Morgan fingerprint density at radius 2 is 1.67 bits per heavy atom. The molecular formula is C33H41N7O6. The van der Waals surface area contributed by atoms with Crippen molar-refractivity contribution in [2.45, 2.75) is 45.6 Å². The molecule has 1 fully saturated rings. The van der Waals surface area contributed by atoms with Crippen LogP contribution in [0, 0.1) is 0 Å². The molecule has 1 aromatic carbocycles. The van der Waals surface area contributed by atoms with E-state index in [2.05, 4.69) is 15.6 Å². The first kappa shape index (κ1) is 32.3. The van der Waals surface area contributed by atoms with Crippen LogP contribution in [0.4, 0.5) is 17.1 Å². The molecular weight excluding hydrogens is 590 g/mol. The minimum Gasteiger partial charge on any atom is -0.493 e. The van der Waals surface area contributed by atoms with Crippen LogP contribution in [0.3, 0.4) is 0 Å². The maximum absolute atomic E-state index is 13.1. The van der Waals surface area contributed by atoms with Gasteiger partial charge in [0.25, 0.3) is 17.7 Å². The zero-order valence-corrected chi connectivity index (χ0v) is 27.0. The molecule has 4 heterocycles. The van der Waals surface area contributed by atoms with Crippen molar-refractivity contribution in [3.63, 3.8) is 0 Å². The minimum absolute atomic E-state index is 0.00971. The number of benzene rings is 1. The molecule has 13 nitrogen and oxygen atoms in total. The fraction of sp³-hybridized carbons (Fsp3) is 0.424. The van der Waals surface area contributed by atoms with Crippen molar-refractivity contribution >= 4 is 46.9 Å². The Morgan fingerprint density at radius 3 is 2.39 bits per heavy atom. The zero-order chi connectivity index (χ0) is 33.0. The van der Waals surface area contributed by atoms with E-state index < -0.39 is 0 Å². The van der Waals surface area contributed by atoms with Crippen LogP contribution in [-0.4, -0.2) is 88.2 Å². The van der Waals surface area contributed by atoms with Crippen molar-refractivity contribution in [1.29, 1.82) is 0 Å². The van der Waals surface area contributed by atoms with Crippen LogP contribution in [-0.2, 0) is 18.9 Å². The summed E-state index contributed by atoms with van der Waals surface area (Å²) in [6.07, 6.45) is 7.65. The van der Waals surface area contributed by atoms with E-state index in [9.17, 15) is 19.2 Å². The fourth-order valence-electron chi connectivity index (χ4n) is 5.83. The Hall–Kier alpha value is -5.07. The van der Waals surface area contributed by atoms with Crippen molar-refractivity contribution in [3.8, 4) is 11.5 Å². The molecule has 2 aliphatic rings. The Balaban J connectivity index is 1.14. The second-order valence-corrected chi connectivity index (χ2v) is 11.4. The first-order valence-electron chi connectivity index (χ1n) is 15.6. The second kappa shape index (κ2) is 13.9. The largest absolute Gasteiger partial charge is 0.493 e. The lowest BCUT2D eigenvalue weighted by atomic mass is 10.1. The van der Waals surface area contributed by atoms with Crippen molar-refractivity contribution < 1.29 is 28.7 Å². The lowest BCUT2D eigenvalue weighted by Crippen LogP contribution is -2.35. The standard InChI is InChI=1S/C33H41N7O6/c1-6-39(7-2)33(44)27-15-22(20-38(27)4)36-31(42)26-14-21(19-37(26)3)35-30(41)11-9-13-46-29-17-25-24(16-28(29)45-5)32(43)40-12-8-10-23(40)18-34-25/h14-20,23H,6-13H2,1-5H3,(H,35,41)(H,36,42)/t23-/m0/s1. The molecule has 5 rings (SSSR count). The van der Waals surface area contributed by atoms with Gasteiger partial charge >= 0.3 is 0 Å². The number of methoxy groups -OCH3 is 1. The Bertz CT molecular complexity index is 1670. The van der Waals surface area contributed by atoms with Gasteiger partial charge in [-0.2, -0.15) is 0 Å². The van der Waals surface area contributed by atoms with Crippen molar-refractivity contribution in [2.24, 2.45) is 19.1 Å². The topological polar surface area (TPSA) is 140 Å². The van der Waals surface area contributed by atoms with Gasteiger partial charge in [-0.05, 0) is 51.3 Å². The Labute approximate surface area is 268 Å². The van der Waals surface area contributed by atoms with E-state index in [0.717, 1.165) is 12.8 Å². The molecule has 0 saturated carbocycles. The summed E-state index contributed by atoms with van der Waals surface area (Å²) < 4.78 is 14.8. The third kappa shape index (κ3) is 6.77. The third-order valence-corrected chi connectivity index (χ3v) is 8.32. The zero-order valence-electron chi connectivity index (χ0n) is 27.0. The van der Waals surface area contributed by atoms with Gasteiger partial charge in [0.15, 0.2) is 11.5 Å². The van der Waals surface area contributed by atoms with E-state index in [1.165, 1.54) is 7.11 Å².